The molecule has 200 valence electrons. The minimum atomic E-state index is -0.553. The summed E-state index contributed by atoms with van der Waals surface area (Å²) in [5, 5.41) is 36.6. The molecule has 3 heterocycles. The van der Waals surface area contributed by atoms with Crippen molar-refractivity contribution in [3.05, 3.63) is 57.8 Å². The number of nitrogens with one attached hydrogen (secondary N) is 4. The van der Waals surface area contributed by atoms with Gasteiger partial charge in [0.05, 0.1) is 11.3 Å². The maximum absolute atomic E-state index is 14.9. The number of hydrogen-bond donors (Lipinski definition) is 6. The molecule has 0 atom stereocenters. The van der Waals surface area contributed by atoms with Crippen molar-refractivity contribution in [2.24, 2.45) is 0 Å². The number of phenols is 2. The Morgan fingerprint density at radius 1 is 0.946 bits per heavy atom. The van der Waals surface area contributed by atoms with Gasteiger partial charge in [0.2, 0.25) is 0 Å². The fourth-order valence-electron chi connectivity index (χ4n) is 4.47. The number of aromatic nitrogens is 3. The Labute approximate surface area is 215 Å². The zero-order valence-corrected chi connectivity index (χ0v) is 21.4. The lowest BCUT2D eigenvalue weighted by Crippen LogP contribution is -2.43. The number of aromatic hydroxyl groups is 2. The fraction of sp³-hybridized carbons (Fsp3) is 0.462. The van der Waals surface area contributed by atoms with Gasteiger partial charge in [-0.05, 0) is 29.7 Å². The smallest absolute Gasteiger partial charge is 0.348 e. The number of nitrogens with zero attached hydrogens (tertiary/aromatic N) is 3. The average molecular weight is 514 g/mol. The molecule has 10 nitrogen and oxygen atoms in total. The lowest BCUT2D eigenvalue weighted by atomic mass is 9.98. The molecule has 0 aliphatic carbocycles. The van der Waals surface area contributed by atoms with E-state index in [1.165, 1.54) is 16.7 Å². The first-order chi connectivity index (χ1) is 17.8. The molecule has 5 rings (SSSR count). The second kappa shape index (κ2) is 12.3. The van der Waals surface area contributed by atoms with Crippen LogP contribution in [0.25, 0.3) is 17.1 Å². The van der Waals surface area contributed by atoms with E-state index in [4.69, 9.17) is 0 Å². The second-order valence-electron chi connectivity index (χ2n) is 9.57. The molecule has 0 bridgehead atoms. The van der Waals surface area contributed by atoms with E-state index in [0.717, 1.165) is 52.4 Å². The number of halogens is 1. The van der Waals surface area contributed by atoms with Crippen molar-refractivity contribution in [3.8, 4) is 28.6 Å². The van der Waals surface area contributed by atoms with E-state index in [0.29, 0.717) is 23.4 Å². The SMILES string of the molecule is C1CNCCN1.CC(C)c1cc(-c2n[nH]c(=O)n2-c2ccc(CN3CCNCC3)c(F)c2)c(O)cc1O. The number of phenolic OH excluding ortho intramolecular Hbond substituents is 2. The minimum absolute atomic E-state index is 0.0137. The molecular formula is C26H36FN7O3. The van der Waals surface area contributed by atoms with Gasteiger partial charge in [-0.1, -0.05) is 19.9 Å². The van der Waals surface area contributed by atoms with Crippen LogP contribution in [0.3, 0.4) is 0 Å². The van der Waals surface area contributed by atoms with Crippen LogP contribution >= 0.6 is 0 Å². The summed E-state index contributed by atoms with van der Waals surface area (Å²) < 4.78 is 16.1. The van der Waals surface area contributed by atoms with Gasteiger partial charge in [0.25, 0.3) is 0 Å². The highest BCUT2D eigenvalue weighted by atomic mass is 19.1. The molecule has 1 aromatic heterocycles. The molecule has 2 aromatic carbocycles. The number of rotatable bonds is 5. The van der Waals surface area contributed by atoms with Gasteiger partial charge in [-0.3, -0.25) is 4.90 Å². The summed E-state index contributed by atoms with van der Waals surface area (Å²) in [5.74, 6) is -0.548. The van der Waals surface area contributed by atoms with Crippen molar-refractivity contribution >= 4 is 0 Å². The zero-order chi connectivity index (χ0) is 26.4. The molecular weight excluding hydrogens is 477 g/mol. The van der Waals surface area contributed by atoms with E-state index in [1.807, 2.05) is 13.8 Å². The number of H-pyrrole nitrogens is 1. The summed E-state index contributed by atoms with van der Waals surface area (Å²) in [6, 6.07) is 7.47. The number of piperazine rings is 2. The highest BCUT2D eigenvalue weighted by Crippen LogP contribution is 2.37. The Kier molecular flexibility index (Phi) is 8.93. The molecule has 2 saturated heterocycles. The predicted molar refractivity (Wildman–Crippen MR) is 141 cm³/mol. The summed E-state index contributed by atoms with van der Waals surface area (Å²) in [6.45, 7) is 12.3. The van der Waals surface area contributed by atoms with Crippen molar-refractivity contribution < 1.29 is 14.6 Å². The molecule has 0 saturated carbocycles. The quantitative estimate of drug-likeness (QED) is 0.303. The molecule has 3 aromatic rings. The topological polar surface area (TPSA) is 130 Å². The summed E-state index contributed by atoms with van der Waals surface area (Å²) in [6.07, 6.45) is 0. The molecule has 0 radical (unpaired) electrons. The van der Waals surface area contributed by atoms with Gasteiger partial charge in [0.1, 0.15) is 17.3 Å². The summed E-state index contributed by atoms with van der Waals surface area (Å²) in [5.41, 5.74) is 1.17. The average Bonchev–Trinajstić information content (AvgIpc) is 3.28. The van der Waals surface area contributed by atoms with E-state index >= 15 is 0 Å². The molecule has 11 heteroatoms. The van der Waals surface area contributed by atoms with Gasteiger partial charge >= 0.3 is 5.69 Å². The first-order valence-corrected chi connectivity index (χ1v) is 12.7. The van der Waals surface area contributed by atoms with E-state index in [9.17, 15) is 19.4 Å². The first kappa shape index (κ1) is 26.8. The van der Waals surface area contributed by atoms with Crippen LogP contribution in [-0.2, 0) is 6.54 Å². The lowest BCUT2D eigenvalue weighted by Gasteiger charge is -2.27. The Balaban J connectivity index is 0.000000469. The maximum atomic E-state index is 14.9. The standard InChI is InChI=1S/C22H26FN5O3.C4H10N2/c1-13(2)16-10-17(20(30)11-19(16)29)21-25-26-22(31)28(21)15-4-3-14(18(23)9-15)12-27-7-5-24-6-8-27;1-2-6-4-3-5-1/h3-4,9-11,13,24,29-30H,5-8,12H2,1-2H3,(H,26,31);5-6H,1-4H2. The first-order valence-electron chi connectivity index (χ1n) is 12.7. The van der Waals surface area contributed by atoms with E-state index < -0.39 is 11.5 Å². The van der Waals surface area contributed by atoms with Crippen LogP contribution in [0.2, 0.25) is 0 Å². The van der Waals surface area contributed by atoms with Crippen LogP contribution in [0.4, 0.5) is 4.39 Å². The summed E-state index contributed by atoms with van der Waals surface area (Å²) >= 11 is 0. The molecule has 0 spiro atoms. The molecule has 6 N–H and O–H groups in total. The second-order valence-corrected chi connectivity index (χ2v) is 9.57. The lowest BCUT2D eigenvalue weighted by molar-refractivity contribution is 0.230. The van der Waals surface area contributed by atoms with Crippen LogP contribution in [-0.4, -0.2) is 82.2 Å². The maximum Gasteiger partial charge on any atom is 0.348 e. The molecule has 2 aliphatic rings. The van der Waals surface area contributed by atoms with Gasteiger partial charge < -0.3 is 26.2 Å². The van der Waals surface area contributed by atoms with Gasteiger partial charge in [-0.25, -0.2) is 18.9 Å². The monoisotopic (exact) mass is 513 g/mol. The predicted octanol–water partition coefficient (Wildman–Crippen LogP) is 1.49. The molecule has 2 fully saturated rings. The van der Waals surface area contributed by atoms with E-state index in [-0.39, 0.29) is 28.8 Å². The molecule has 37 heavy (non-hydrogen) atoms. The van der Waals surface area contributed by atoms with Crippen LogP contribution in [0.1, 0.15) is 30.9 Å². The van der Waals surface area contributed by atoms with E-state index in [2.05, 4.69) is 31.0 Å². The van der Waals surface area contributed by atoms with Gasteiger partial charge in [0, 0.05) is 70.5 Å². The van der Waals surface area contributed by atoms with Crippen LogP contribution in [0.5, 0.6) is 11.5 Å². The van der Waals surface area contributed by atoms with Gasteiger partial charge in [-0.2, -0.15) is 5.10 Å². The molecule has 2 aliphatic heterocycles. The van der Waals surface area contributed by atoms with Gasteiger partial charge in [0.15, 0.2) is 5.82 Å². The molecule has 0 unspecified atom stereocenters. The van der Waals surface area contributed by atoms with Crippen molar-refractivity contribution in [1.29, 1.82) is 0 Å². The Morgan fingerprint density at radius 3 is 2.19 bits per heavy atom. The Morgan fingerprint density at radius 2 is 1.59 bits per heavy atom. The Hall–Kier alpha value is -3.25. The highest BCUT2D eigenvalue weighted by Gasteiger charge is 2.20. The van der Waals surface area contributed by atoms with Crippen molar-refractivity contribution in [3.63, 3.8) is 0 Å². The third kappa shape index (κ3) is 6.55. The number of benzene rings is 2. The van der Waals surface area contributed by atoms with Crippen LogP contribution in [0, 0.1) is 5.82 Å². The fourth-order valence-corrected chi connectivity index (χ4v) is 4.47. The largest absolute Gasteiger partial charge is 0.508 e. The number of aromatic amines is 1. The summed E-state index contributed by atoms with van der Waals surface area (Å²) in [4.78, 5) is 14.7. The normalized spacial score (nSPS) is 16.4. The van der Waals surface area contributed by atoms with Crippen molar-refractivity contribution in [2.45, 2.75) is 26.3 Å². The minimum Gasteiger partial charge on any atom is -0.508 e. The van der Waals surface area contributed by atoms with Crippen molar-refractivity contribution in [1.82, 2.24) is 35.6 Å². The third-order valence-corrected chi connectivity index (χ3v) is 6.54. The zero-order valence-electron chi connectivity index (χ0n) is 21.4. The highest BCUT2D eigenvalue weighted by molar-refractivity contribution is 5.69. The van der Waals surface area contributed by atoms with Gasteiger partial charge in [-0.15, -0.1) is 0 Å². The number of hydrogen-bond acceptors (Lipinski definition) is 8. The van der Waals surface area contributed by atoms with Crippen molar-refractivity contribution in [2.75, 3.05) is 52.4 Å². The van der Waals surface area contributed by atoms with Crippen LogP contribution in [0.15, 0.2) is 35.1 Å². The Bertz CT molecular complexity index is 1240. The summed E-state index contributed by atoms with van der Waals surface area (Å²) in [7, 11) is 0. The molecule has 0 amide bonds. The van der Waals surface area contributed by atoms with Crippen LogP contribution < -0.4 is 21.6 Å². The third-order valence-electron chi connectivity index (χ3n) is 6.54. The van der Waals surface area contributed by atoms with E-state index in [1.54, 1.807) is 18.2 Å².